The lowest BCUT2D eigenvalue weighted by molar-refractivity contribution is 0.111. The number of piperidine rings is 1. The molecule has 0 bridgehead atoms. The van der Waals surface area contributed by atoms with E-state index in [9.17, 15) is 0 Å². The molecule has 2 heteroatoms. The smallest absolute Gasteiger partial charge is 0.0117 e. The highest BCUT2D eigenvalue weighted by Crippen LogP contribution is 2.20. The number of hydrogen-bond acceptors (Lipinski definition) is 2. The summed E-state index contributed by atoms with van der Waals surface area (Å²) in [5.74, 6) is 0.756. The van der Waals surface area contributed by atoms with Crippen molar-refractivity contribution in [2.24, 2.45) is 5.92 Å². The Hall–Kier alpha value is -0.860. The summed E-state index contributed by atoms with van der Waals surface area (Å²) in [6.07, 6.45) is 2.45. The summed E-state index contributed by atoms with van der Waals surface area (Å²) in [7, 11) is 0. The number of nitrogens with zero attached hydrogens (tertiary/aromatic N) is 1. The maximum atomic E-state index is 3.62. The van der Waals surface area contributed by atoms with E-state index < -0.39 is 0 Å². The van der Waals surface area contributed by atoms with Gasteiger partial charge in [0.15, 0.2) is 0 Å². The van der Waals surface area contributed by atoms with Crippen LogP contribution < -0.4 is 5.32 Å². The fourth-order valence-electron chi connectivity index (χ4n) is 3.23. The minimum absolute atomic E-state index is 0.646. The predicted molar refractivity (Wildman–Crippen MR) is 82.4 cm³/mol. The van der Waals surface area contributed by atoms with E-state index in [0.717, 1.165) is 12.5 Å². The molecule has 1 aromatic carbocycles. The van der Waals surface area contributed by atoms with E-state index in [2.05, 4.69) is 61.3 Å². The molecule has 1 heterocycles. The first-order chi connectivity index (χ1) is 9.20. The molecule has 1 N–H and O–H groups in total. The van der Waals surface area contributed by atoms with Gasteiger partial charge in [0.2, 0.25) is 0 Å². The molecule has 1 aliphatic rings. The molecular formula is C17H28N2. The van der Waals surface area contributed by atoms with Crippen molar-refractivity contribution in [2.75, 3.05) is 19.6 Å². The molecule has 1 fully saturated rings. The zero-order chi connectivity index (χ0) is 13.7. The molecule has 2 rings (SSSR count). The van der Waals surface area contributed by atoms with Crippen molar-refractivity contribution in [2.45, 2.75) is 45.7 Å². The maximum absolute atomic E-state index is 3.62. The SMILES string of the molecule is CCNC1CCN(C(C)Cc2ccccc2)CC1C. The summed E-state index contributed by atoms with van der Waals surface area (Å²) in [4.78, 5) is 2.66. The van der Waals surface area contributed by atoms with E-state index in [1.807, 2.05) is 0 Å². The second-order valence-electron chi connectivity index (χ2n) is 5.96. The molecule has 0 radical (unpaired) electrons. The standard InChI is InChI=1S/C17H28N2/c1-4-18-17-10-11-19(13-14(17)2)15(3)12-16-8-6-5-7-9-16/h5-9,14-15,17-18H,4,10-13H2,1-3H3. The second kappa shape index (κ2) is 7.06. The van der Waals surface area contributed by atoms with Crippen LogP contribution >= 0.6 is 0 Å². The minimum Gasteiger partial charge on any atom is -0.314 e. The number of benzene rings is 1. The van der Waals surface area contributed by atoms with Gasteiger partial charge >= 0.3 is 0 Å². The molecule has 1 aromatic rings. The van der Waals surface area contributed by atoms with E-state index >= 15 is 0 Å². The third-order valence-corrected chi connectivity index (χ3v) is 4.40. The molecule has 0 amide bonds. The molecular weight excluding hydrogens is 232 g/mol. The minimum atomic E-state index is 0.646. The topological polar surface area (TPSA) is 15.3 Å². The Morgan fingerprint density at radius 2 is 2.05 bits per heavy atom. The lowest BCUT2D eigenvalue weighted by Crippen LogP contribution is -2.51. The van der Waals surface area contributed by atoms with Gasteiger partial charge in [-0.3, -0.25) is 4.90 Å². The van der Waals surface area contributed by atoms with Gasteiger partial charge in [-0.15, -0.1) is 0 Å². The largest absolute Gasteiger partial charge is 0.314 e. The van der Waals surface area contributed by atoms with Gasteiger partial charge < -0.3 is 5.32 Å². The highest BCUT2D eigenvalue weighted by atomic mass is 15.2. The Labute approximate surface area is 118 Å². The first-order valence-electron chi connectivity index (χ1n) is 7.72. The Bertz CT molecular complexity index is 363. The molecule has 19 heavy (non-hydrogen) atoms. The van der Waals surface area contributed by atoms with E-state index in [1.165, 1.54) is 31.5 Å². The maximum Gasteiger partial charge on any atom is 0.0117 e. The molecule has 3 atom stereocenters. The fourth-order valence-corrected chi connectivity index (χ4v) is 3.23. The zero-order valence-corrected chi connectivity index (χ0v) is 12.6. The number of hydrogen-bond donors (Lipinski definition) is 1. The Morgan fingerprint density at radius 3 is 2.68 bits per heavy atom. The van der Waals surface area contributed by atoms with Crippen molar-refractivity contribution in [3.63, 3.8) is 0 Å². The van der Waals surface area contributed by atoms with Crippen molar-refractivity contribution in [1.82, 2.24) is 10.2 Å². The zero-order valence-electron chi connectivity index (χ0n) is 12.6. The van der Waals surface area contributed by atoms with Crippen molar-refractivity contribution in [1.29, 1.82) is 0 Å². The van der Waals surface area contributed by atoms with Crippen molar-refractivity contribution >= 4 is 0 Å². The van der Waals surface area contributed by atoms with Gasteiger partial charge in [-0.05, 0) is 44.3 Å². The van der Waals surface area contributed by atoms with Crippen molar-refractivity contribution in [3.05, 3.63) is 35.9 Å². The Kier molecular flexibility index (Phi) is 5.41. The molecule has 3 unspecified atom stereocenters. The molecule has 0 aromatic heterocycles. The lowest BCUT2D eigenvalue weighted by Gasteiger charge is -2.40. The summed E-state index contributed by atoms with van der Waals surface area (Å²) in [6.45, 7) is 10.5. The molecule has 0 aliphatic carbocycles. The predicted octanol–water partition coefficient (Wildman–Crippen LogP) is 2.94. The molecule has 0 saturated carbocycles. The lowest BCUT2D eigenvalue weighted by atomic mass is 9.92. The van der Waals surface area contributed by atoms with Crippen LogP contribution in [0.5, 0.6) is 0 Å². The van der Waals surface area contributed by atoms with Gasteiger partial charge in [0.05, 0.1) is 0 Å². The quantitative estimate of drug-likeness (QED) is 0.875. The summed E-state index contributed by atoms with van der Waals surface area (Å²) in [5.41, 5.74) is 1.46. The second-order valence-corrected chi connectivity index (χ2v) is 5.96. The molecule has 1 aliphatic heterocycles. The summed E-state index contributed by atoms with van der Waals surface area (Å²) >= 11 is 0. The average molecular weight is 260 g/mol. The number of rotatable bonds is 5. The van der Waals surface area contributed by atoms with Gasteiger partial charge in [0.1, 0.15) is 0 Å². The van der Waals surface area contributed by atoms with Crippen LogP contribution in [0.1, 0.15) is 32.8 Å². The first kappa shape index (κ1) is 14.5. The Balaban J connectivity index is 1.86. The molecule has 1 saturated heterocycles. The van der Waals surface area contributed by atoms with Crippen LogP contribution in [-0.2, 0) is 6.42 Å². The molecule has 106 valence electrons. The number of nitrogens with one attached hydrogen (secondary N) is 1. The van der Waals surface area contributed by atoms with Gasteiger partial charge in [0, 0.05) is 18.6 Å². The highest BCUT2D eigenvalue weighted by molar-refractivity contribution is 5.15. The number of likely N-dealkylation sites (tertiary alicyclic amines) is 1. The monoisotopic (exact) mass is 260 g/mol. The fraction of sp³-hybridized carbons (Fsp3) is 0.647. The van der Waals surface area contributed by atoms with E-state index in [1.54, 1.807) is 0 Å². The summed E-state index contributed by atoms with van der Waals surface area (Å²) < 4.78 is 0. The van der Waals surface area contributed by atoms with Gasteiger partial charge in [-0.1, -0.05) is 44.2 Å². The van der Waals surface area contributed by atoms with Crippen LogP contribution in [0.25, 0.3) is 0 Å². The van der Waals surface area contributed by atoms with E-state index in [-0.39, 0.29) is 0 Å². The summed E-state index contributed by atoms with van der Waals surface area (Å²) in [5, 5.41) is 3.62. The Morgan fingerprint density at radius 1 is 1.32 bits per heavy atom. The first-order valence-corrected chi connectivity index (χ1v) is 7.72. The van der Waals surface area contributed by atoms with Crippen molar-refractivity contribution in [3.8, 4) is 0 Å². The van der Waals surface area contributed by atoms with Crippen LogP contribution in [0.3, 0.4) is 0 Å². The van der Waals surface area contributed by atoms with Crippen LogP contribution in [0.4, 0.5) is 0 Å². The van der Waals surface area contributed by atoms with Crippen LogP contribution in [0.15, 0.2) is 30.3 Å². The third kappa shape index (κ3) is 4.05. The van der Waals surface area contributed by atoms with Crippen LogP contribution in [0, 0.1) is 5.92 Å². The van der Waals surface area contributed by atoms with Gasteiger partial charge in [-0.2, -0.15) is 0 Å². The molecule has 2 nitrogen and oxygen atoms in total. The normalized spacial score (nSPS) is 26.3. The highest BCUT2D eigenvalue weighted by Gasteiger charge is 2.27. The molecule has 0 spiro atoms. The third-order valence-electron chi connectivity index (χ3n) is 4.40. The van der Waals surface area contributed by atoms with Gasteiger partial charge in [0.25, 0.3) is 0 Å². The van der Waals surface area contributed by atoms with E-state index in [4.69, 9.17) is 0 Å². The van der Waals surface area contributed by atoms with Crippen LogP contribution in [0.2, 0.25) is 0 Å². The average Bonchev–Trinajstić information content (AvgIpc) is 2.42. The van der Waals surface area contributed by atoms with Gasteiger partial charge in [-0.25, -0.2) is 0 Å². The van der Waals surface area contributed by atoms with Crippen molar-refractivity contribution < 1.29 is 0 Å². The van der Waals surface area contributed by atoms with Crippen LogP contribution in [-0.4, -0.2) is 36.6 Å². The summed E-state index contributed by atoms with van der Waals surface area (Å²) in [6, 6.07) is 12.2. The van der Waals surface area contributed by atoms with E-state index in [0.29, 0.717) is 12.1 Å².